The van der Waals surface area contributed by atoms with Crippen LogP contribution in [-0.4, -0.2) is 60.4 Å². The molecule has 0 bridgehead atoms. The third-order valence-electron chi connectivity index (χ3n) is 5.18. The minimum atomic E-state index is -0.111. The molecule has 132 valence electrons. The fourth-order valence-corrected chi connectivity index (χ4v) is 3.92. The maximum Gasteiger partial charge on any atom is 0.293 e. The molecule has 0 radical (unpaired) electrons. The van der Waals surface area contributed by atoms with Crippen molar-refractivity contribution in [3.05, 3.63) is 30.1 Å². The number of nitrogens with one attached hydrogen (secondary N) is 1. The van der Waals surface area contributed by atoms with Gasteiger partial charge in [0.2, 0.25) is 5.82 Å². The second-order valence-electron chi connectivity index (χ2n) is 7.20. The first-order valence-electron chi connectivity index (χ1n) is 8.39. The topological polar surface area (TPSA) is 97.9 Å². The van der Waals surface area contributed by atoms with Crippen molar-refractivity contribution in [2.24, 2.45) is 19.5 Å². The Morgan fingerprint density at radius 1 is 1.28 bits per heavy atom. The van der Waals surface area contributed by atoms with Crippen molar-refractivity contribution in [1.82, 2.24) is 34.8 Å². The molecule has 2 aliphatic rings. The van der Waals surface area contributed by atoms with Gasteiger partial charge in [-0.15, -0.1) is 5.10 Å². The minimum absolute atomic E-state index is 0.0865. The van der Waals surface area contributed by atoms with Gasteiger partial charge in [-0.1, -0.05) is 0 Å². The molecule has 25 heavy (non-hydrogen) atoms. The van der Waals surface area contributed by atoms with Gasteiger partial charge >= 0.3 is 0 Å². The fourth-order valence-electron chi connectivity index (χ4n) is 3.92. The van der Waals surface area contributed by atoms with Crippen LogP contribution in [0.5, 0.6) is 0 Å². The molecule has 9 heteroatoms. The normalized spacial score (nSPS) is 25.2. The molecule has 0 atom stereocenters. The van der Waals surface area contributed by atoms with Crippen molar-refractivity contribution < 1.29 is 9.59 Å². The SMILES string of the molecule is Cn1cc(C(=O)NC2CC3(CCN(C(=O)c4ncn(C)n4)C3)C2)cn1. The predicted molar refractivity (Wildman–Crippen MR) is 87.7 cm³/mol. The molecule has 1 spiro atoms. The number of amides is 2. The number of rotatable bonds is 3. The molecule has 1 saturated heterocycles. The Morgan fingerprint density at radius 2 is 2.08 bits per heavy atom. The van der Waals surface area contributed by atoms with E-state index in [2.05, 4.69) is 20.5 Å². The molecular weight excluding hydrogens is 322 g/mol. The number of carbonyl (C=O) groups is 2. The number of likely N-dealkylation sites (tertiary alicyclic amines) is 1. The first kappa shape index (κ1) is 15.8. The lowest BCUT2D eigenvalue weighted by Gasteiger charge is -2.45. The predicted octanol–water partition coefficient (Wildman–Crippen LogP) is -0.0267. The van der Waals surface area contributed by atoms with Crippen LogP contribution >= 0.6 is 0 Å². The van der Waals surface area contributed by atoms with Crippen LogP contribution < -0.4 is 5.32 Å². The van der Waals surface area contributed by atoms with Crippen molar-refractivity contribution >= 4 is 11.8 Å². The third kappa shape index (κ3) is 2.90. The Kier molecular flexibility index (Phi) is 3.59. The zero-order chi connectivity index (χ0) is 17.6. The monoisotopic (exact) mass is 343 g/mol. The van der Waals surface area contributed by atoms with Crippen LogP contribution in [0.4, 0.5) is 0 Å². The van der Waals surface area contributed by atoms with Crippen molar-refractivity contribution in [1.29, 1.82) is 0 Å². The van der Waals surface area contributed by atoms with Gasteiger partial charge < -0.3 is 10.2 Å². The molecule has 1 saturated carbocycles. The van der Waals surface area contributed by atoms with E-state index in [0.29, 0.717) is 12.1 Å². The zero-order valence-electron chi connectivity index (χ0n) is 14.3. The highest BCUT2D eigenvalue weighted by atomic mass is 16.2. The number of hydrogen-bond acceptors (Lipinski definition) is 5. The molecular formula is C16H21N7O2. The van der Waals surface area contributed by atoms with E-state index < -0.39 is 0 Å². The van der Waals surface area contributed by atoms with Gasteiger partial charge in [-0.25, -0.2) is 4.98 Å². The molecule has 0 aromatic carbocycles. The number of aryl methyl sites for hydroxylation is 2. The summed E-state index contributed by atoms with van der Waals surface area (Å²) in [5.41, 5.74) is 0.699. The minimum Gasteiger partial charge on any atom is -0.349 e. The van der Waals surface area contributed by atoms with Crippen molar-refractivity contribution in [3.63, 3.8) is 0 Å². The number of aromatic nitrogens is 5. The molecule has 3 heterocycles. The first-order chi connectivity index (χ1) is 11.9. The average molecular weight is 343 g/mol. The Balaban J connectivity index is 1.31. The van der Waals surface area contributed by atoms with Gasteiger partial charge in [0.15, 0.2) is 0 Å². The first-order valence-corrected chi connectivity index (χ1v) is 8.39. The van der Waals surface area contributed by atoms with E-state index in [-0.39, 0.29) is 29.1 Å². The van der Waals surface area contributed by atoms with E-state index in [0.717, 1.165) is 25.8 Å². The van der Waals surface area contributed by atoms with Gasteiger partial charge in [-0.2, -0.15) is 5.10 Å². The number of carbonyl (C=O) groups excluding carboxylic acids is 2. The van der Waals surface area contributed by atoms with Crippen molar-refractivity contribution in [3.8, 4) is 0 Å². The van der Waals surface area contributed by atoms with E-state index in [9.17, 15) is 9.59 Å². The second kappa shape index (κ2) is 5.68. The standard InChI is InChI=1S/C16H21N7O2/c1-21-8-11(7-18-21)14(24)19-12-5-16(6-12)3-4-23(9-16)15(25)13-17-10-22(2)20-13/h7-8,10,12H,3-6,9H2,1-2H3,(H,19,24). The lowest BCUT2D eigenvalue weighted by molar-refractivity contribution is 0.0603. The molecule has 1 aliphatic heterocycles. The van der Waals surface area contributed by atoms with Crippen LogP contribution in [0.25, 0.3) is 0 Å². The highest BCUT2D eigenvalue weighted by Gasteiger charge is 2.50. The van der Waals surface area contributed by atoms with E-state index in [1.807, 2.05) is 4.90 Å². The summed E-state index contributed by atoms with van der Waals surface area (Å²) in [5, 5.41) is 11.2. The number of nitrogens with zero attached hydrogens (tertiary/aromatic N) is 6. The van der Waals surface area contributed by atoms with Crippen molar-refractivity contribution in [2.75, 3.05) is 13.1 Å². The maximum atomic E-state index is 12.4. The quantitative estimate of drug-likeness (QED) is 0.844. The summed E-state index contributed by atoms with van der Waals surface area (Å²) in [6, 6.07) is 0.163. The van der Waals surface area contributed by atoms with Gasteiger partial charge in [0, 0.05) is 39.4 Å². The molecule has 1 N–H and O–H groups in total. The summed E-state index contributed by atoms with van der Waals surface area (Å²) in [5.74, 6) is 0.0530. The molecule has 9 nitrogen and oxygen atoms in total. The molecule has 1 aliphatic carbocycles. The van der Waals surface area contributed by atoms with E-state index in [1.54, 1.807) is 31.2 Å². The Hall–Kier alpha value is -2.71. The van der Waals surface area contributed by atoms with Crippen LogP contribution in [-0.2, 0) is 14.1 Å². The largest absolute Gasteiger partial charge is 0.349 e. The van der Waals surface area contributed by atoms with Gasteiger partial charge in [0.25, 0.3) is 11.8 Å². The van der Waals surface area contributed by atoms with Gasteiger partial charge in [0.1, 0.15) is 6.33 Å². The van der Waals surface area contributed by atoms with Crippen LogP contribution in [0.3, 0.4) is 0 Å². The average Bonchev–Trinajstić information content (AvgIpc) is 3.25. The van der Waals surface area contributed by atoms with Crippen LogP contribution in [0.1, 0.15) is 40.2 Å². The highest BCUT2D eigenvalue weighted by Crippen LogP contribution is 2.48. The van der Waals surface area contributed by atoms with Crippen LogP contribution in [0, 0.1) is 5.41 Å². The zero-order valence-corrected chi connectivity index (χ0v) is 14.3. The molecule has 2 amide bonds. The highest BCUT2D eigenvalue weighted by molar-refractivity contribution is 5.94. The van der Waals surface area contributed by atoms with Crippen LogP contribution in [0.2, 0.25) is 0 Å². The van der Waals surface area contributed by atoms with E-state index in [1.165, 1.54) is 11.0 Å². The maximum absolute atomic E-state index is 12.4. The third-order valence-corrected chi connectivity index (χ3v) is 5.18. The molecule has 2 fully saturated rings. The Labute approximate surface area is 145 Å². The lowest BCUT2D eigenvalue weighted by Crippen LogP contribution is -2.52. The summed E-state index contributed by atoms with van der Waals surface area (Å²) < 4.78 is 3.15. The van der Waals surface area contributed by atoms with E-state index in [4.69, 9.17) is 0 Å². The number of hydrogen-bond donors (Lipinski definition) is 1. The van der Waals surface area contributed by atoms with E-state index >= 15 is 0 Å². The molecule has 4 rings (SSSR count). The second-order valence-corrected chi connectivity index (χ2v) is 7.20. The summed E-state index contributed by atoms with van der Waals surface area (Å²) in [6.07, 6.45) is 7.58. The Morgan fingerprint density at radius 3 is 2.72 bits per heavy atom. The van der Waals surface area contributed by atoms with Gasteiger partial charge in [-0.05, 0) is 24.7 Å². The molecule has 2 aromatic rings. The van der Waals surface area contributed by atoms with Gasteiger partial charge in [0.05, 0.1) is 11.8 Å². The summed E-state index contributed by atoms with van der Waals surface area (Å²) in [7, 11) is 3.53. The Bertz CT molecular complexity index is 818. The smallest absolute Gasteiger partial charge is 0.293 e. The summed E-state index contributed by atoms with van der Waals surface area (Å²) in [4.78, 5) is 30.5. The molecule has 0 unspecified atom stereocenters. The lowest BCUT2D eigenvalue weighted by atomic mass is 9.65. The molecule has 2 aromatic heterocycles. The fraction of sp³-hybridized carbons (Fsp3) is 0.562. The van der Waals surface area contributed by atoms with Crippen molar-refractivity contribution in [2.45, 2.75) is 25.3 Å². The van der Waals surface area contributed by atoms with Gasteiger partial charge in [-0.3, -0.25) is 19.0 Å². The summed E-state index contributed by atoms with van der Waals surface area (Å²) in [6.45, 7) is 1.43. The summed E-state index contributed by atoms with van der Waals surface area (Å²) >= 11 is 0. The van der Waals surface area contributed by atoms with Crippen LogP contribution in [0.15, 0.2) is 18.7 Å².